The first-order valence-corrected chi connectivity index (χ1v) is 3.16. The van der Waals surface area contributed by atoms with Crippen molar-refractivity contribution in [1.82, 2.24) is 0 Å². The summed E-state index contributed by atoms with van der Waals surface area (Å²) < 4.78 is 2.07. The molecule has 0 aromatic carbocycles. The van der Waals surface area contributed by atoms with Gasteiger partial charge in [-0.25, -0.2) is 4.90 Å². The van der Waals surface area contributed by atoms with Crippen LogP contribution in [0.4, 0.5) is 0 Å². The fraction of sp³-hybridized carbons (Fsp3) is 0.800. The minimum atomic E-state index is 0.935. The Kier molecular flexibility index (Phi) is 1.54. The molecule has 1 aliphatic heterocycles. The Hall–Kier alpha value is -0.0800. The molecule has 0 spiro atoms. The highest BCUT2D eigenvalue weighted by Gasteiger charge is 2.26. The topological polar surface area (TPSA) is 7.45 Å². The zero-order valence-corrected chi connectivity index (χ0v) is 6.00. The van der Waals surface area contributed by atoms with Gasteiger partial charge in [-0.05, 0) is 0 Å². The van der Waals surface area contributed by atoms with Crippen LogP contribution in [0.2, 0.25) is 0 Å². The van der Waals surface area contributed by atoms with Crippen molar-refractivity contribution in [3.05, 3.63) is 0 Å². The maximum Gasteiger partial charge on any atom is 0.437 e. The van der Waals surface area contributed by atoms with Crippen molar-refractivity contribution in [2.75, 3.05) is 27.2 Å². The third-order valence-electron chi connectivity index (χ3n) is 1.51. The van der Waals surface area contributed by atoms with E-state index in [0.717, 1.165) is 18.4 Å². The van der Waals surface area contributed by atoms with E-state index >= 15 is 0 Å². The summed E-state index contributed by atoms with van der Waals surface area (Å²) in [6, 6.07) is 0. The second-order valence-corrected chi connectivity index (χ2v) is 2.60. The van der Waals surface area contributed by atoms with Crippen LogP contribution in [0.5, 0.6) is 0 Å². The molecule has 0 saturated heterocycles. The molecule has 0 amide bonds. The van der Waals surface area contributed by atoms with Gasteiger partial charge < -0.3 is 0 Å². The van der Waals surface area contributed by atoms with Crippen LogP contribution >= 0.6 is 11.6 Å². The Morgan fingerprint density at radius 2 is 2.38 bits per heavy atom. The van der Waals surface area contributed by atoms with Crippen molar-refractivity contribution in [1.29, 1.82) is 0 Å². The average Bonchev–Trinajstić information content (AvgIpc) is 1.98. The molecular weight excluding hydrogens is 124 g/mol. The fourth-order valence-corrected chi connectivity index (χ4v) is 1.04. The zero-order chi connectivity index (χ0) is 6.15. The van der Waals surface area contributed by atoms with Crippen molar-refractivity contribution >= 4 is 16.9 Å². The number of likely N-dealkylation sites (N-methyl/N-ethyl adjacent to an activating group) is 2. The maximum absolute atomic E-state index is 5.82. The highest BCUT2D eigenvalue weighted by Crippen LogP contribution is 1.79. The predicted molar refractivity (Wildman–Crippen MR) is 33.7 cm³/mol. The summed E-state index contributed by atoms with van der Waals surface area (Å²) in [5.41, 5.74) is 0. The Morgan fingerprint density at radius 3 is 2.50 bits per heavy atom. The van der Waals surface area contributed by atoms with Gasteiger partial charge in [0.25, 0.3) is 0 Å². The van der Waals surface area contributed by atoms with E-state index in [4.69, 9.17) is 11.6 Å². The van der Waals surface area contributed by atoms with Crippen molar-refractivity contribution in [2.45, 2.75) is 0 Å². The number of rotatable bonds is 0. The van der Waals surface area contributed by atoms with Crippen LogP contribution in [0, 0.1) is 0 Å². The number of quaternary nitrogens is 1. The Bertz CT molecular complexity index is 130. The molecule has 0 radical (unpaired) electrons. The first-order valence-electron chi connectivity index (χ1n) is 2.78. The van der Waals surface area contributed by atoms with E-state index in [1.807, 2.05) is 7.05 Å². The molecule has 8 heavy (non-hydrogen) atoms. The van der Waals surface area contributed by atoms with Crippen molar-refractivity contribution in [3.63, 3.8) is 0 Å². The number of amidine groups is 1. The van der Waals surface area contributed by atoms with Gasteiger partial charge in [0.1, 0.15) is 13.6 Å². The molecule has 1 rings (SSSR count). The summed E-state index contributed by atoms with van der Waals surface area (Å²) >= 11 is 5.82. The van der Waals surface area contributed by atoms with Gasteiger partial charge in [0.05, 0.1) is 18.6 Å². The molecule has 1 heterocycles. The van der Waals surface area contributed by atoms with E-state index in [1.54, 1.807) is 0 Å². The summed E-state index contributed by atoms with van der Waals surface area (Å²) in [5, 5.41) is 0.935. The lowest BCUT2D eigenvalue weighted by atomic mass is 10.6. The van der Waals surface area contributed by atoms with Crippen molar-refractivity contribution in [3.8, 4) is 0 Å². The van der Waals surface area contributed by atoms with Gasteiger partial charge in [-0.2, -0.15) is 4.58 Å². The third kappa shape index (κ3) is 0.858. The van der Waals surface area contributed by atoms with Crippen LogP contribution in [0.15, 0.2) is 0 Å². The largest absolute Gasteiger partial charge is 0.437 e. The van der Waals surface area contributed by atoms with Crippen LogP contribution < -0.4 is 4.90 Å². The van der Waals surface area contributed by atoms with Crippen LogP contribution in [0.25, 0.3) is 0 Å². The van der Waals surface area contributed by atoms with E-state index < -0.39 is 0 Å². The summed E-state index contributed by atoms with van der Waals surface area (Å²) in [5.74, 6) is 0. The molecule has 0 aliphatic carbocycles. The number of halogens is 1. The third-order valence-corrected chi connectivity index (χ3v) is 2.12. The highest BCUT2D eigenvalue weighted by molar-refractivity contribution is 6.60. The van der Waals surface area contributed by atoms with Crippen LogP contribution in [0.1, 0.15) is 0 Å². The minimum absolute atomic E-state index is 0.935. The molecule has 2 nitrogen and oxygen atoms in total. The van der Waals surface area contributed by atoms with Gasteiger partial charge in [0.15, 0.2) is 6.54 Å². The Morgan fingerprint density at radius 1 is 1.75 bits per heavy atom. The molecule has 1 atom stereocenters. The standard InChI is InChI=1S/C5H10ClN2/c1-7-3-4-8(2)5(7)6/h3-4H2,1-2H3/q+1/p+1. The molecule has 0 aromatic heterocycles. The predicted octanol–water partition coefficient (Wildman–Crippen LogP) is -1.25. The lowest BCUT2D eigenvalue weighted by Gasteiger charge is -1.92. The molecule has 0 saturated carbocycles. The van der Waals surface area contributed by atoms with Crippen LogP contribution in [-0.2, 0) is 0 Å². The normalized spacial score (nSPS) is 29.6. The fourth-order valence-electron chi connectivity index (χ4n) is 0.863. The quantitative estimate of drug-likeness (QED) is 0.313. The molecule has 46 valence electrons. The second-order valence-electron chi connectivity index (χ2n) is 2.24. The van der Waals surface area contributed by atoms with Crippen molar-refractivity contribution < 1.29 is 9.48 Å². The zero-order valence-electron chi connectivity index (χ0n) is 5.24. The minimum Gasteiger partial charge on any atom is -0.233 e. The van der Waals surface area contributed by atoms with E-state index in [9.17, 15) is 0 Å². The molecule has 3 heteroatoms. The van der Waals surface area contributed by atoms with E-state index in [1.165, 1.54) is 4.90 Å². The summed E-state index contributed by atoms with van der Waals surface area (Å²) in [6.07, 6.45) is 0. The molecule has 0 aromatic rings. The molecule has 1 N–H and O–H groups in total. The van der Waals surface area contributed by atoms with Gasteiger partial charge in [-0.15, -0.1) is 0 Å². The number of nitrogens with one attached hydrogen (secondary N) is 1. The number of nitrogens with zero attached hydrogens (tertiary/aromatic N) is 1. The lowest BCUT2D eigenvalue weighted by Crippen LogP contribution is -3.09. The first kappa shape index (κ1) is 6.05. The number of hydrogen-bond donors (Lipinski definition) is 1. The van der Waals surface area contributed by atoms with Gasteiger partial charge >= 0.3 is 5.29 Å². The SMILES string of the molecule is C[N+]1=C(Cl)[NH+](C)CC1. The Labute approximate surface area is 54.4 Å². The summed E-state index contributed by atoms with van der Waals surface area (Å²) in [7, 11) is 4.09. The second kappa shape index (κ2) is 2.03. The Balaban J connectivity index is 2.71. The molecule has 0 bridgehead atoms. The molecule has 1 unspecified atom stereocenters. The summed E-state index contributed by atoms with van der Waals surface area (Å²) in [4.78, 5) is 1.31. The van der Waals surface area contributed by atoms with Gasteiger partial charge in [0, 0.05) is 0 Å². The first-order chi connectivity index (χ1) is 3.72. The number of hydrogen-bond acceptors (Lipinski definition) is 0. The van der Waals surface area contributed by atoms with Gasteiger partial charge in [-0.3, -0.25) is 0 Å². The lowest BCUT2D eigenvalue weighted by molar-refractivity contribution is -0.773. The molecule has 1 aliphatic rings. The van der Waals surface area contributed by atoms with Crippen LogP contribution in [0.3, 0.4) is 0 Å². The van der Waals surface area contributed by atoms with Gasteiger partial charge in [-0.1, -0.05) is 0 Å². The highest BCUT2D eigenvalue weighted by atomic mass is 35.5. The molecule has 0 fully saturated rings. The van der Waals surface area contributed by atoms with E-state index in [0.29, 0.717) is 0 Å². The van der Waals surface area contributed by atoms with E-state index in [-0.39, 0.29) is 0 Å². The smallest absolute Gasteiger partial charge is 0.233 e. The molecular formula is C5H11ClN2+2. The van der Waals surface area contributed by atoms with Crippen molar-refractivity contribution in [2.24, 2.45) is 0 Å². The van der Waals surface area contributed by atoms with Gasteiger partial charge in [0.2, 0.25) is 0 Å². The summed E-state index contributed by atoms with van der Waals surface area (Å²) in [6.45, 7) is 2.22. The van der Waals surface area contributed by atoms with E-state index in [2.05, 4.69) is 11.6 Å². The maximum atomic E-state index is 5.82. The average molecular weight is 135 g/mol. The van der Waals surface area contributed by atoms with Crippen LogP contribution in [-0.4, -0.2) is 37.1 Å². The monoisotopic (exact) mass is 134 g/mol.